The summed E-state index contributed by atoms with van der Waals surface area (Å²) in [5, 5.41) is 16.7. The first-order chi connectivity index (χ1) is 18.1. The van der Waals surface area contributed by atoms with E-state index in [0.717, 1.165) is 32.1 Å². The van der Waals surface area contributed by atoms with E-state index >= 15 is 0 Å². The summed E-state index contributed by atoms with van der Waals surface area (Å²) >= 11 is 0. The number of halogens is 2. The molecule has 4 amide bonds. The second-order valence-electron chi connectivity index (χ2n) is 13.7. The van der Waals surface area contributed by atoms with E-state index in [4.69, 9.17) is 0 Å². The Hall–Kier alpha value is -2.79. The van der Waals surface area contributed by atoms with E-state index in [2.05, 4.69) is 16.0 Å². The molecule has 2 aliphatic rings. The molecule has 1 saturated heterocycles. The predicted molar refractivity (Wildman–Crippen MR) is 145 cm³/mol. The third-order valence-corrected chi connectivity index (χ3v) is 7.61. The van der Waals surface area contributed by atoms with Gasteiger partial charge in [-0.2, -0.15) is 0 Å². The van der Waals surface area contributed by atoms with Crippen molar-refractivity contribution in [2.24, 2.45) is 10.8 Å². The van der Waals surface area contributed by atoms with Gasteiger partial charge < -0.3 is 26.0 Å². The Labute approximate surface area is 235 Å². The Bertz CT molecular complexity index is 977. The zero-order valence-corrected chi connectivity index (χ0v) is 24.8. The largest absolute Gasteiger partial charge is 0.465 e. The molecule has 3 unspecified atom stereocenters. The summed E-state index contributed by atoms with van der Waals surface area (Å²) < 4.78 is 27.5. The lowest BCUT2D eigenvalue weighted by Crippen LogP contribution is -2.59. The Morgan fingerprint density at radius 3 is 2.00 bits per heavy atom. The number of carbonyl (C=O) groups excluding carboxylic acids is 4. The number of amides is 4. The first-order valence-electron chi connectivity index (χ1n) is 14.0. The van der Waals surface area contributed by atoms with Gasteiger partial charge in [0.05, 0.1) is 6.04 Å². The van der Waals surface area contributed by atoms with Gasteiger partial charge in [0.15, 0.2) is 0 Å². The van der Waals surface area contributed by atoms with Crippen LogP contribution in [0.5, 0.6) is 0 Å². The third-order valence-electron chi connectivity index (χ3n) is 7.61. The van der Waals surface area contributed by atoms with Crippen molar-refractivity contribution in [3.05, 3.63) is 0 Å². The number of carbonyl (C=O) groups is 5. The summed E-state index contributed by atoms with van der Waals surface area (Å²) in [5.74, 6) is -6.46. The van der Waals surface area contributed by atoms with Gasteiger partial charge in [-0.05, 0) is 64.2 Å². The minimum atomic E-state index is -3.13. The van der Waals surface area contributed by atoms with Gasteiger partial charge in [-0.1, -0.05) is 40.0 Å². The fourth-order valence-electron chi connectivity index (χ4n) is 5.62. The number of carboxylic acid groups (broad SMARTS) is 1. The molecule has 1 aliphatic carbocycles. The molecular formula is C28H46F2N4O6. The molecule has 1 aliphatic heterocycles. The monoisotopic (exact) mass is 572 g/mol. The predicted octanol–water partition coefficient (Wildman–Crippen LogP) is 3.62. The van der Waals surface area contributed by atoms with Gasteiger partial charge in [0.1, 0.15) is 12.1 Å². The lowest BCUT2D eigenvalue weighted by molar-refractivity contribution is -0.144. The summed E-state index contributed by atoms with van der Waals surface area (Å²) in [7, 11) is 0. The van der Waals surface area contributed by atoms with E-state index in [9.17, 15) is 37.9 Å². The SMILES string of the molecule is CC(F)(F)CCC(NC(=O)C1CC2(CCCCC2)CN1C(=O)C(NC(=O)O)C(C)(C)C)C(=O)C(=O)NC(C)(C)C. The Morgan fingerprint density at radius 1 is 0.950 bits per heavy atom. The van der Waals surface area contributed by atoms with Crippen LogP contribution < -0.4 is 16.0 Å². The Morgan fingerprint density at radius 2 is 1.52 bits per heavy atom. The number of likely N-dealkylation sites (tertiary alicyclic amines) is 1. The summed E-state index contributed by atoms with van der Waals surface area (Å²) in [6, 6.07) is -3.71. The number of nitrogens with one attached hydrogen (secondary N) is 3. The van der Waals surface area contributed by atoms with E-state index in [1.165, 1.54) is 4.90 Å². The fraction of sp³-hybridized carbons (Fsp3) is 0.821. The zero-order chi connectivity index (χ0) is 30.7. The highest BCUT2D eigenvalue weighted by atomic mass is 19.3. The molecule has 0 aromatic rings. The zero-order valence-electron chi connectivity index (χ0n) is 24.8. The number of nitrogens with zero attached hydrogens (tertiary/aromatic N) is 1. The van der Waals surface area contributed by atoms with Crippen LogP contribution in [-0.2, 0) is 19.2 Å². The average Bonchev–Trinajstić information content (AvgIpc) is 3.16. The highest BCUT2D eigenvalue weighted by molar-refractivity contribution is 6.38. The molecule has 2 rings (SSSR count). The lowest BCUT2D eigenvalue weighted by Gasteiger charge is -2.36. The molecular weight excluding hydrogens is 526 g/mol. The second kappa shape index (κ2) is 12.4. The fourth-order valence-corrected chi connectivity index (χ4v) is 5.62. The average molecular weight is 573 g/mol. The molecule has 1 saturated carbocycles. The summed E-state index contributed by atoms with van der Waals surface area (Å²) in [5.41, 5.74) is -1.92. The van der Waals surface area contributed by atoms with Gasteiger partial charge in [-0.3, -0.25) is 19.2 Å². The second-order valence-corrected chi connectivity index (χ2v) is 13.7. The van der Waals surface area contributed by atoms with E-state index in [1.54, 1.807) is 41.5 Å². The highest BCUT2D eigenvalue weighted by Crippen LogP contribution is 2.47. The van der Waals surface area contributed by atoms with Crippen LogP contribution in [0, 0.1) is 10.8 Å². The standard InChI is InChI=1S/C28H46F2N4O6/c1-25(2,3)20(32-24(39)40)23(38)34-16-28(12-9-8-10-13-28)15-18(34)21(36)31-17(11-14-27(7,29)30)19(35)22(37)33-26(4,5)6/h17-18,20,32H,8-16H2,1-7H3,(H,31,36)(H,33,37)(H,39,40). The van der Waals surface area contributed by atoms with Crippen molar-refractivity contribution < 1.29 is 37.9 Å². The van der Waals surface area contributed by atoms with Crippen LogP contribution in [0.15, 0.2) is 0 Å². The van der Waals surface area contributed by atoms with Gasteiger partial charge in [0.2, 0.25) is 23.5 Å². The molecule has 1 heterocycles. The first-order valence-corrected chi connectivity index (χ1v) is 14.0. The van der Waals surface area contributed by atoms with Crippen LogP contribution in [0.1, 0.15) is 99.8 Å². The van der Waals surface area contributed by atoms with Crippen LogP contribution in [0.25, 0.3) is 0 Å². The minimum absolute atomic E-state index is 0.244. The van der Waals surface area contributed by atoms with Gasteiger partial charge in [-0.15, -0.1) is 0 Å². The molecule has 10 nitrogen and oxygen atoms in total. The molecule has 3 atom stereocenters. The Kier molecular flexibility index (Phi) is 10.3. The normalized spacial score (nSPS) is 20.9. The van der Waals surface area contributed by atoms with E-state index < -0.39 is 77.4 Å². The van der Waals surface area contributed by atoms with Crippen LogP contribution in [0.2, 0.25) is 0 Å². The van der Waals surface area contributed by atoms with Gasteiger partial charge in [-0.25, -0.2) is 13.6 Å². The van der Waals surface area contributed by atoms with Gasteiger partial charge in [0.25, 0.3) is 5.91 Å². The van der Waals surface area contributed by atoms with E-state index in [-0.39, 0.29) is 12.0 Å². The van der Waals surface area contributed by atoms with Crippen molar-refractivity contribution in [2.45, 2.75) is 129 Å². The molecule has 40 heavy (non-hydrogen) atoms. The number of hydrogen-bond donors (Lipinski definition) is 4. The van der Waals surface area contributed by atoms with E-state index in [1.807, 2.05) is 0 Å². The summed E-state index contributed by atoms with van der Waals surface area (Å²) in [6.07, 6.45) is 2.16. The molecule has 2 fully saturated rings. The number of rotatable bonds is 9. The molecule has 0 bridgehead atoms. The third kappa shape index (κ3) is 9.40. The maximum absolute atomic E-state index is 13.8. The van der Waals surface area contributed by atoms with Crippen molar-refractivity contribution in [3.8, 4) is 0 Å². The van der Waals surface area contributed by atoms with Crippen LogP contribution in [0.3, 0.4) is 0 Å². The maximum atomic E-state index is 13.8. The number of hydrogen-bond acceptors (Lipinski definition) is 5. The van der Waals surface area contributed by atoms with Gasteiger partial charge in [0, 0.05) is 18.5 Å². The molecule has 0 aromatic carbocycles. The van der Waals surface area contributed by atoms with Crippen LogP contribution >= 0.6 is 0 Å². The molecule has 228 valence electrons. The molecule has 0 aromatic heterocycles. The van der Waals surface area contributed by atoms with Crippen LogP contribution in [0.4, 0.5) is 13.6 Å². The van der Waals surface area contributed by atoms with E-state index in [0.29, 0.717) is 13.3 Å². The van der Waals surface area contributed by atoms with Crippen LogP contribution in [-0.4, -0.2) is 75.7 Å². The topological polar surface area (TPSA) is 145 Å². The minimum Gasteiger partial charge on any atom is -0.465 e. The maximum Gasteiger partial charge on any atom is 0.405 e. The van der Waals surface area contributed by atoms with Crippen molar-refractivity contribution >= 4 is 29.6 Å². The molecule has 1 spiro atoms. The molecule has 0 radical (unpaired) electrons. The first kappa shape index (κ1) is 33.4. The molecule has 12 heteroatoms. The number of Topliss-reactive ketones (excluding diaryl/α,β-unsaturated/α-hetero) is 1. The van der Waals surface area contributed by atoms with Crippen molar-refractivity contribution in [2.75, 3.05) is 6.54 Å². The number of alkyl halides is 2. The quantitative estimate of drug-likeness (QED) is 0.311. The van der Waals surface area contributed by atoms with Gasteiger partial charge >= 0.3 is 6.09 Å². The number of ketones is 1. The summed E-state index contributed by atoms with van der Waals surface area (Å²) in [6.45, 7) is 11.0. The van der Waals surface area contributed by atoms with Crippen molar-refractivity contribution in [1.29, 1.82) is 0 Å². The van der Waals surface area contributed by atoms with Crippen molar-refractivity contribution in [3.63, 3.8) is 0 Å². The smallest absolute Gasteiger partial charge is 0.405 e. The molecule has 4 N–H and O–H groups in total. The van der Waals surface area contributed by atoms with Crippen molar-refractivity contribution in [1.82, 2.24) is 20.9 Å². The highest BCUT2D eigenvalue weighted by Gasteiger charge is 2.51. The summed E-state index contributed by atoms with van der Waals surface area (Å²) in [4.78, 5) is 66.1. The lowest BCUT2D eigenvalue weighted by atomic mass is 9.72. The Balaban J connectivity index is 2.40.